The molecule has 0 bridgehead atoms. The second-order valence-electron chi connectivity index (χ2n) is 7.53. The molecule has 9 heteroatoms. The van der Waals surface area contributed by atoms with Gasteiger partial charge in [0.2, 0.25) is 0 Å². The fourth-order valence-corrected chi connectivity index (χ4v) is 4.35. The number of nitrogens with zero attached hydrogens (tertiary/aromatic N) is 2. The normalized spacial score (nSPS) is 18.2. The molecule has 7 nitrogen and oxygen atoms in total. The zero-order chi connectivity index (χ0) is 22.1. The smallest absolute Gasteiger partial charge is 0.273 e. The standard InChI is InChI=1S/C22H21Cl2N5O2/c1-12-8-9-17(27-12)13-4-2-5-14(10-13)28-21(30)18-20(25)26-11-29(22(18)31)19-15(23)6-3-7-16(19)24/h2-7,10-12,17,27H,8-9,25H2,1H3,(H,28,30)/t12-,17-/m1/s1. The number of nitrogens with one attached hydrogen (secondary N) is 2. The summed E-state index contributed by atoms with van der Waals surface area (Å²) in [6.07, 6.45) is 3.32. The van der Waals surface area contributed by atoms with Crippen LogP contribution in [0.25, 0.3) is 5.69 Å². The highest BCUT2D eigenvalue weighted by atomic mass is 35.5. The molecule has 0 unspecified atom stereocenters. The largest absolute Gasteiger partial charge is 0.383 e. The van der Waals surface area contributed by atoms with Crippen LogP contribution in [0.4, 0.5) is 11.5 Å². The zero-order valence-corrected chi connectivity index (χ0v) is 18.2. The number of benzene rings is 2. The maximum atomic E-state index is 13.1. The Bertz CT molecular complexity index is 1190. The summed E-state index contributed by atoms with van der Waals surface area (Å²) in [5.41, 5.74) is 6.81. The van der Waals surface area contributed by atoms with Gasteiger partial charge in [0, 0.05) is 17.8 Å². The van der Waals surface area contributed by atoms with Crippen LogP contribution in [0.3, 0.4) is 0 Å². The molecule has 1 fully saturated rings. The molecule has 0 aliphatic carbocycles. The number of rotatable bonds is 4. The van der Waals surface area contributed by atoms with E-state index >= 15 is 0 Å². The number of anilines is 2. The van der Waals surface area contributed by atoms with Crippen molar-refractivity contribution in [3.8, 4) is 5.69 Å². The van der Waals surface area contributed by atoms with Gasteiger partial charge in [-0.15, -0.1) is 0 Å². The van der Waals surface area contributed by atoms with Crippen LogP contribution in [0.2, 0.25) is 10.0 Å². The van der Waals surface area contributed by atoms with Crippen molar-refractivity contribution >= 4 is 40.6 Å². The van der Waals surface area contributed by atoms with Gasteiger partial charge in [-0.2, -0.15) is 0 Å². The van der Waals surface area contributed by atoms with Gasteiger partial charge in [-0.25, -0.2) is 4.98 Å². The Labute approximate surface area is 189 Å². The summed E-state index contributed by atoms with van der Waals surface area (Å²) in [6.45, 7) is 2.15. The van der Waals surface area contributed by atoms with Gasteiger partial charge in [0.15, 0.2) is 0 Å². The van der Waals surface area contributed by atoms with Gasteiger partial charge in [-0.05, 0) is 49.6 Å². The van der Waals surface area contributed by atoms with E-state index < -0.39 is 11.5 Å². The molecule has 2 heterocycles. The van der Waals surface area contributed by atoms with E-state index in [0.717, 1.165) is 23.0 Å². The van der Waals surface area contributed by atoms with Gasteiger partial charge in [0.1, 0.15) is 17.7 Å². The van der Waals surface area contributed by atoms with Crippen LogP contribution in [0.1, 0.15) is 41.7 Å². The molecule has 0 radical (unpaired) electrons. The van der Waals surface area contributed by atoms with Crippen molar-refractivity contribution in [3.63, 3.8) is 0 Å². The fraction of sp³-hybridized carbons (Fsp3) is 0.227. The van der Waals surface area contributed by atoms with Crippen LogP contribution >= 0.6 is 23.2 Å². The number of halogens is 2. The molecular formula is C22H21Cl2N5O2. The van der Waals surface area contributed by atoms with E-state index in [0.29, 0.717) is 11.7 Å². The number of hydrogen-bond donors (Lipinski definition) is 3. The van der Waals surface area contributed by atoms with Crippen LogP contribution < -0.4 is 21.9 Å². The third kappa shape index (κ3) is 4.30. The maximum absolute atomic E-state index is 13.1. The average Bonchev–Trinajstić information content (AvgIpc) is 3.16. The van der Waals surface area contributed by atoms with Gasteiger partial charge in [-0.1, -0.05) is 41.4 Å². The SMILES string of the molecule is C[C@@H]1CC[C@H](c2cccc(NC(=O)c3c(N)ncn(-c4c(Cl)cccc4Cl)c3=O)c2)N1. The van der Waals surface area contributed by atoms with Gasteiger partial charge in [0.25, 0.3) is 11.5 Å². The van der Waals surface area contributed by atoms with Crippen molar-refractivity contribution in [2.45, 2.75) is 31.8 Å². The van der Waals surface area contributed by atoms with Gasteiger partial charge in [0.05, 0.1) is 15.7 Å². The van der Waals surface area contributed by atoms with Gasteiger partial charge < -0.3 is 16.4 Å². The highest BCUT2D eigenvalue weighted by molar-refractivity contribution is 6.37. The molecule has 1 aliphatic rings. The summed E-state index contributed by atoms with van der Waals surface area (Å²) >= 11 is 12.4. The Morgan fingerprint density at radius 1 is 1.19 bits per heavy atom. The van der Waals surface area contributed by atoms with Crippen molar-refractivity contribution < 1.29 is 4.79 Å². The topological polar surface area (TPSA) is 102 Å². The van der Waals surface area contributed by atoms with Crippen molar-refractivity contribution in [2.24, 2.45) is 0 Å². The molecule has 2 aromatic carbocycles. The molecule has 160 valence electrons. The summed E-state index contributed by atoms with van der Waals surface area (Å²) in [7, 11) is 0. The minimum absolute atomic E-state index is 0.177. The van der Waals surface area contributed by atoms with Crippen LogP contribution in [-0.4, -0.2) is 21.5 Å². The summed E-state index contributed by atoms with van der Waals surface area (Å²) in [5, 5.41) is 6.77. The first-order chi connectivity index (χ1) is 14.8. The summed E-state index contributed by atoms with van der Waals surface area (Å²) in [5.74, 6) is -0.832. The van der Waals surface area contributed by atoms with Crippen molar-refractivity contribution in [3.05, 3.63) is 80.3 Å². The Kier molecular flexibility index (Phi) is 6.00. The number of carbonyl (C=O) groups excluding carboxylic acids is 1. The number of nitrogens with two attached hydrogens (primary N) is 1. The third-order valence-electron chi connectivity index (χ3n) is 5.33. The second-order valence-corrected chi connectivity index (χ2v) is 8.34. The predicted molar refractivity (Wildman–Crippen MR) is 123 cm³/mol. The van der Waals surface area contributed by atoms with Crippen LogP contribution in [0, 0.1) is 0 Å². The molecule has 3 aromatic rings. The lowest BCUT2D eigenvalue weighted by Crippen LogP contribution is -2.31. The van der Waals surface area contributed by atoms with E-state index in [9.17, 15) is 9.59 Å². The van der Waals surface area contributed by atoms with Gasteiger partial charge >= 0.3 is 0 Å². The van der Waals surface area contributed by atoms with Crippen LogP contribution in [0.15, 0.2) is 53.6 Å². The first kappa shape index (κ1) is 21.4. The zero-order valence-electron chi connectivity index (χ0n) is 16.7. The van der Waals surface area contributed by atoms with Crippen molar-refractivity contribution in [1.29, 1.82) is 0 Å². The van der Waals surface area contributed by atoms with Crippen LogP contribution in [0.5, 0.6) is 0 Å². The second kappa shape index (κ2) is 8.70. The molecule has 0 spiro atoms. The minimum Gasteiger partial charge on any atom is -0.383 e. The number of amides is 1. The predicted octanol–water partition coefficient (Wildman–Crippen LogP) is 4.19. The fourth-order valence-electron chi connectivity index (χ4n) is 3.78. The molecule has 0 saturated carbocycles. The number of aromatic nitrogens is 2. The third-order valence-corrected chi connectivity index (χ3v) is 5.94. The Morgan fingerprint density at radius 2 is 1.90 bits per heavy atom. The molecule has 1 saturated heterocycles. The lowest BCUT2D eigenvalue weighted by molar-refractivity contribution is 0.102. The number of nitrogen functional groups attached to an aromatic ring is 1. The minimum atomic E-state index is -0.664. The molecule has 2 atom stereocenters. The highest BCUT2D eigenvalue weighted by Gasteiger charge is 2.23. The molecule has 4 rings (SSSR count). The summed E-state index contributed by atoms with van der Waals surface area (Å²) in [4.78, 5) is 30.1. The van der Waals surface area contributed by atoms with E-state index in [2.05, 4.69) is 22.5 Å². The Hall–Kier alpha value is -2.87. The number of hydrogen-bond acceptors (Lipinski definition) is 5. The molecule has 1 amide bonds. The van der Waals surface area contributed by atoms with E-state index in [1.165, 1.54) is 6.33 Å². The van der Waals surface area contributed by atoms with E-state index in [-0.39, 0.29) is 33.2 Å². The number of carbonyl (C=O) groups is 1. The quantitative estimate of drug-likeness (QED) is 0.544. The van der Waals surface area contributed by atoms with Crippen molar-refractivity contribution in [2.75, 3.05) is 11.1 Å². The molecule has 4 N–H and O–H groups in total. The maximum Gasteiger partial charge on any atom is 0.273 e. The monoisotopic (exact) mass is 457 g/mol. The lowest BCUT2D eigenvalue weighted by Gasteiger charge is -2.15. The Balaban J connectivity index is 1.66. The average molecular weight is 458 g/mol. The molecule has 31 heavy (non-hydrogen) atoms. The lowest BCUT2D eigenvalue weighted by atomic mass is 10.0. The van der Waals surface area contributed by atoms with E-state index in [1.807, 2.05) is 18.2 Å². The first-order valence-corrected chi connectivity index (χ1v) is 10.6. The van der Waals surface area contributed by atoms with Crippen LogP contribution in [-0.2, 0) is 0 Å². The van der Waals surface area contributed by atoms with Crippen molar-refractivity contribution in [1.82, 2.24) is 14.9 Å². The Morgan fingerprint density at radius 3 is 2.58 bits per heavy atom. The first-order valence-electron chi connectivity index (χ1n) is 9.84. The molecule has 1 aliphatic heterocycles. The number of para-hydroxylation sites is 1. The molecular weight excluding hydrogens is 437 g/mol. The summed E-state index contributed by atoms with van der Waals surface area (Å²) < 4.78 is 1.12. The summed E-state index contributed by atoms with van der Waals surface area (Å²) in [6, 6.07) is 13.1. The van der Waals surface area contributed by atoms with E-state index in [1.54, 1.807) is 24.3 Å². The molecule has 1 aromatic heterocycles. The van der Waals surface area contributed by atoms with Gasteiger partial charge in [-0.3, -0.25) is 14.2 Å². The van der Waals surface area contributed by atoms with E-state index in [4.69, 9.17) is 28.9 Å². The highest BCUT2D eigenvalue weighted by Crippen LogP contribution is 2.29.